The van der Waals surface area contributed by atoms with Crippen LogP contribution in [0.25, 0.3) is 0 Å². The summed E-state index contributed by atoms with van der Waals surface area (Å²) in [6.45, 7) is 5.40. The topological polar surface area (TPSA) is 84.5 Å². The third-order valence-electron chi connectivity index (χ3n) is 5.18. The number of alkyl halides is 3. The molecule has 1 atom stereocenters. The van der Waals surface area contributed by atoms with E-state index in [1.54, 1.807) is 13.0 Å². The SMILES string of the molecule is Cc1cccc(O[C@H](C)C(=O)Nc2ccc(S(=O)(=O)Nc3ccc(Cl)c(C(F)(F)F)c3)cc2)c1C. The Hall–Kier alpha value is -3.24. The molecule has 0 radical (unpaired) electrons. The number of rotatable bonds is 7. The Morgan fingerprint density at radius 2 is 1.63 bits per heavy atom. The van der Waals surface area contributed by atoms with Crippen molar-refractivity contribution in [1.82, 2.24) is 0 Å². The van der Waals surface area contributed by atoms with Crippen molar-refractivity contribution in [3.05, 3.63) is 82.4 Å². The first-order valence-corrected chi connectivity index (χ1v) is 12.2. The van der Waals surface area contributed by atoms with Crippen LogP contribution < -0.4 is 14.8 Å². The molecule has 0 spiro atoms. The van der Waals surface area contributed by atoms with Crippen LogP contribution in [0.4, 0.5) is 24.5 Å². The smallest absolute Gasteiger partial charge is 0.417 e. The number of sulfonamides is 1. The zero-order chi connectivity index (χ0) is 26.0. The van der Waals surface area contributed by atoms with Crippen LogP contribution in [0.3, 0.4) is 0 Å². The van der Waals surface area contributed by atoms with Gasteiger partial charge in [0.2, 0.25) is 0 Å². The van der Waals surface area contributed by atoms with Crippen LogP contribution in [0, 0.1) is 13.8 Å². The van der Waals surface area contributed by atoms with E-state index in [-0.39, 0.29) is 10.6 Å². The quantitative estimate of drug-likeness (QED) is 0.385. The summed E-state index contributed by atoms with van der Waals surface area (Å²) >= 11 is 5.57. The average Bonchev–Trinajstić information content (AvgIpc) is 2.77. The molecule has 0 saturated heterocycles. The summed E-state index contributed by atoms with van der Waals surface area (Å²) in [6, 6.07) is 13.4. The van der Waals surface area contributed by atoms with E-state index in [4.69, 9.17) is 16.3 Å². The highest BCUT2D eigenvalue weighted by Crippen LogP contribution is 2.36. The third kappa shape index (κ3) is 6.46. The van der Waals surface area contributed by atoms with Crippen LogP contribution in [0.1, 0.15) is 23.6 Å². The fraction of sp³-hybridized carbons (Fsp3) is 0.208. The number of anilines is 2. The summed E-state index contributed by atoms with van der Waals surface area (Å²) < 4.78 is 72.2. The number of hydrogen-bond donors (Lipinski definition) is 2. The minimum atomic E-state index is -4.74. The number of carbonyl (C=O) groups is 1. The minimum absolute atomic E-state index is 0.210. The van der Waals surface area contributed by atoms with Crippen LogP contribution in [-0.2, 0) is 21.0 Å². The molecule has 0 saturated carbocycles. The van der Waals surface area contributed by atoms with Gasteiger partial charge >= 0.3 is 6.18 Å². The highest BCUT2D eigenvalue weighted by atomic mass is 35.5. The minimum Gasteiger partial charge on any atom is -0.481 e. The lowest BCUT2D eigenvalue weighted by atomic mass is 10.1. The highest BCUT2D eigenvalue weighted by molar-refractivity contribution is 7.92. The Morgan fingerprint density at radius 3 is 2.26 bits per heavy atom. The lowest BCUT2D eigenvalue weighted by Gasteiger charge is -2.17. The number of amides is 1. The van der Waals surface area contributed by atoms with E-state index in [1.165, 1.54) is 24.3 Å². The number of aryl methyl sites for hydroxylation is 1. The third-order valence-corrected chi connectivity index (χ3v) is 6.91. The molecule has 0 fully saturated rings. The molecule has 2 N–H and O–H groups in total. The van der Waals surface area contributed by atoms with Crippen molar-refractivity contribution in [2.75, 3.05) is 10.0 Å². The number of carbonyl (C=O) groups excluding carboxylic acids is 1. The van der Waals surface area contributed by atoms with Gasteiger partial charge in [0.25, 0.3) is 15.9 Å². The van der Waals surface area contributed by atoms with Gasteiger partial charge in [0.1, 0.15) is 5.75 Å². The maximum atomic E-state index is 13.0. The van der Waals surface area contributed by atoms with E-state index in [0.717, 1.165) is 23.3 Å². The molecule has 0 aliphatic carbocycles. The number of ether oxygens (including phenoxy) is 1. The van der Waals surface area contributed by atoms with E-state index < -0.39 is 38.8 Å². The van der Waals surface area contributed by atoms with Crippen molar-refractivity contribution >= 4 is 38.9 Å². The van der Waals surface area contributed by atoms with Crippen LogP contribution in [0.2, 0.25) is 5.02 Å². The predicted octanol–water partition coefficient (Wildman–Crippen LogP) is 6.18. The largest absolute Gasteiger partial charge is 0.481 e. The summed E-state index contributed by atoms with van der Waals surface area (Å²) in [4.78, 5) is 12.3. The van der Waals surface area contributed by atoms with Crippen LogP contribution >= 0.6 is 11.6 Å². The maximum Gasteiger partial charge on any atom is 0.417 e. The molecular weight excluding hydrogens is 505 g/mol. The molecular formula is C24H22ClF3N2O4S. The van der Waals surface area contributed by atoms with Crippen LogP contribution in [0.15, 0.2) is 65.6 Å². The molecule has 35 heavy (non-hydrogen) atoms. The van der Waals surface area contributed by atoms with Gasteiger partial charge in [-0.3, -0.25) is 9.52 Å². The second kappa shape index (κ2) is 10.2. The van der Waals surface area contributed by atoms with E-state index in [0.29, 0.717) is 17.5 Å². The molecule has 11 heteroatoms. The molecule has 0 heterocycles. The monoisotopic (exact) mass is 526 g/mol. The predicted molar refractivity (Wildman–Crippen MR) is 128 cm³/mol. The van der Waals surface area contributed by atoms with Gasteiger partial charge in [-0.2, -0.15) is 13.2 Å². The van der Waals surface area contributed by atoms with Crippen molar-refractivity contribution in [3.8, 4) is 5.75 Å². The second-order valence-corrected chi connectivity index (χ2v) is 9.86. The summed E-state index contributed by atoms with van der Waals surface area (Å²) in [7, 11) is -4.20. The fourth-order valence-corrected chi connectivity index (χ4v) is 4.35. The molecule has 0 aromatic heterocycles. The van der Waals surface area contributed by atoms with Crippen LogP contribution in [-0.4, -0.2) is 20.4 Å². The molecule has 0 bridgehead atoms. The molecule has 0 unspecified atom stereocenters. The molecule has 1 amide bonds. The summed E-state index contributed by atoms with van der Waals surface area (Å²) in [5, 5.41) is 2.09. The molecule has 6 nitrogen and oxygen atoms in total. The van der Waals surface area contributed by atoms with Crippen molar-refractivity contribution < 1.29 is 31.1 Å². The van der Waals surface area contributed by atoms with Gasteiger partial charge in [-0.15, -0.1) is 0 Å². The lowest BCUT2D eigenvalue weighted by Crippen LogP contribution is -2.30. The lowest BCUT2D eigenvalue weighted by molar-refractivity contribution is -0.137. The number of nitrogens with one attached hydrogen (secondary N) is 2. The van der Waals surface area contributed by atoms with Gasteiger partial charge in [-0.05, 0) is 80.4 Å². The average molecular weight is 527 g/mol. The number of hydrogen-bond acceptors (Lipinski definition) is 4. The first-order valence-electron chi connectivity index (χ1n) is 10.3. The molecule has 186 valence electrons. The standard InChI is InChI=1S/C24H22ClF3N2O4S/c1-14-5-4-6-22(15(14)2)34-16(3)23(31)29-17-7-10-19(11-8-17)35(32,33)30-18-9-12-21(25)20(13-18)24(26,27)28/h4-13,16,30H,1-3H3,(H,29,31)/t16-/m1/s1. The summed E-state index contributed by atoms with van der Waals surface area (Å²) in [6.07, 6.45) is -5.56. The van der Waals surface area contributed by atoms with Gasteiger partial charge in [-0.1, -0.05) is 23.7 Å². The van der Waals surface area contributed by atoms with Gasteiger partial charge in [0, 0.05) is 11.4 Å². The fourth-order valence-electron chi connectivity index (χ4n) is 3.08. The van der Waals surface area contributed by atoms with Crippen LogP contribution in [0.5, 0.6) is 5.75 Å². The summed E-state index contributed by atoms with van der Waals surface area (Å²) in [5.41, 5.74) is 0.799. The Kier molecular flexibility index (Phi) is 7.66. The number of benzene rings is 3. The molecule has 0 aliphatic heterocycles. The van der Waals surface area contributed by atoms with Gasteiger partial charge < -0.3 is 10.1 Å². The summed E-state index contributed by atoms with van der Waals surface area (Å²) in [5.74, 6) is 0.136. The van der Waals surface area contributed by atoms with Gasteiger partial charge in [0.05, 0.1) is 15.5 Å². The van der Waals surface area contributed by atoms with Crippen molar-refractivity contribution in [1.29, 1.82) is 0 Å². The maximum absolute atomic E-state index is 13.0. The first-order chi connectivity index (χ1) is 16.3. The van der Waals surface area contributed by atoms with Gasteiger partial charge in [-0.25, -0.2) is 8.42 Å². The Labute approximate surface area is 206 Å². The number of halogens is 4. The highest BCUT2D eigenvalue weighted by Gasteiger charge is 2.33. The normalized spacial score (nSPS) is 12.7. The van der Waals surface area contributed by atoms with E-state index in [2.05, 4.69) is 10.0 Å². The first kappa shape index (κ1) is 26.4. The Bertz CT molecular complexity index is 1340. The van der Waals surface area contributed by atoms with E-state index >= 15 is 0 Å². The molecule has 3 aromatic rings. The Morgan fingerprint density at radius 1 is 1.00 bits per heavy atom. The van der Waals surface area contributed by atoms with Gasteiger partial charge in [0.15, 0.2) is 6.10 Å². The van der Waals surface area contributed by atoms with Crippen molar-refractivity contribution in [3.63, 3.8) is 0 Å². The van der Waals surface area contributed by atoms with Crippen molar-refractivity contribution in [2.24, 2.45) is 0 Å². The zero-order valence-corrected chi connectivity index (χ0v) is 20.5. The second-order valence-electron chi connectivity index (χ2n) is 7.77. The van der Waals surface area contributed by atoms with E-state index in [9.17, 15) is 26.4 Å². The molecule has 3 rings (SSSR count). The molecule has 3 aromatic carbocycles. The Balaban J connectivity index is 1.69. The molecule has 0 aliphatic rings. The van der Waals surface area contributed by atoms with E-state index in [1.807, 2.05) is 26.0 Å². The zero-order valence-electron chi connectivity index (χ0n) is 18.9. The van der Waals surface area contributed by atoms with Crippen molar-refractivity contribution in [2.45, 2.75) is 37.9 Å².